The van der Waals surface area contributed by atoms with Gasteiger partial charge in [0.25, 0.3) is 0 Å². The third-order valence-corrected chi connectivity index (χ3v) is 7.78. The molecule has 6 nitrogen and oxygen atoms in total. The molecule has 3 rings (SSSR count). The zero-order valence-electron chi connectivity index (χ0n) is 18.8. The van der Waals surface area contributed by atoms with Gasteiger partial charge in [-0.2, -0.15) is 4.31 Å². The minimum atomic E-state index is -3.55. The van der Waals surface area contributed by atoms with E-state index in [9.17, 15) is 13.2 Å². The van der Waals surface area contributed by atoms with Gasteiger partial charge in [0.15, 0.2) is 0 Å². The lowest BCUT2D eigenvalue weighted by Gasteiger charge is -2.34. The van der Waals surface area contributed by atoms with Crippen molar-refractivity contribution in [1.82, 2.24) is 9.21 Å². The van der Waals surface area contributed by atoms with Crippen molar-refractivity contribution in [1.29, 1.82) is 0 Å². The first-order valence-electron chi connectivity index (χ1n) is 10.7. The molecular formula is C24H32N2O4S. The van der Waals surface area contributed by atoms with Crippen LogP contribution in [-0.4, -0.2) is 56.3 Å². The molecule has 2 aromatic rings. The van der Waals surface area contributed by atoms with Crippen LogP contribution in [0.1, 0.15) is 35.1 Å². The highest BCUT2D eigenvalue weighted by Gasteiger charge is 2.30. The predicted octanol–water partition coefficient (Wildman–Crippen LogP) is 3.61. The molecule has 0 bridgehead atoms. The van der Waals surface area contributed by atoms with E-state index in [1.54, 1.807) is 11.0 Å². The first kappa shape index (κ1) is 23.3. The fourth-order valence-corrected chi connectivity index (χ4v) is 5.62. The van der Waals surface area contributed by atoms with E-state index in [1.165, 1.54) is 4.31 Å². The molecule has 1 aliphatic heterocycles. The molecule has 0 aliphatic carbocycles. The number of benzene rings is 2. The van der Waals surface area contributed by atoms with Crippen LogP contribution >= 0.6 is 0 Å². The third kappa shape index (κ3) is 5.46. The summed E-state index contributed by atoms with van der Waals surface area (Å²) in [4.78, 5) is 14.7. The van der Waals surface area contributed by atoms with Crippen LogP contribution in [-0.2, 0) is 14.8 Å². The molecule has 0 N–H and O–H groups in total. The molecule has 0 radical (unpaired) electrons. The van der Waals surface area contributed by atoms with Gasteiger partial charge in [0.2, 0.25) is 15.9 Å². The number of amides is 1. The normalized spacial score (nSPS) is 15.2. The number of ether oxygens (including phenoxy) is 1. The van der Waals surface area contributed by atoms with E-state index in [4.69, 9.17) is 4.74 Å². The maximum absolute atomic E-state index is 13.0. The average Bonchev–Trinajstić information content (AvgIpc) is 2.74. The van der Waals surface area contributed by atoms with Crippen LogP contribution in [0.2, 0.25) is 0 Å². The van der Waals surface area contributed by atoms with E-state index in [0.717, 1.165) is 28.0 Å². The van der Waals surface area contributed by atoms with Crippen molar-refractivity contribution in [2.24, 2.45) is 0 Å². The van der Waals surface area contributed by atoms with Crippen molar-refractivity contribution in [3.8, 4) is 5.75 Å². The Hall–Kier alpha value is -2.38. The van der Waals surface area contributed by atoms with Crippen molar-refractivity contribution in [3.05, 3.63) is 58.7 Å². The Labute approximate surface area is 185 Å². The molecular weight excluding hydrogens is 412 g/mol. The molecule has 0 unspecified atom stereocenters. The highest BCUT2D eigenvalue weighted by Crippen LogP contribution is 2.24. The SMILES string of the molecule is Cc1ccc(C)c(S(=O)(=O)N2CCN(C(=O)CCCOc3c(C)cccc3C)CC2)c1. The molecule has 7 heteroatoms. The summed E-state index contributed by atoms with van der Waals surface area (Å²) in [5.41, 5.74) is 3.84. The van der Waals surface area contributed by atoms with Gasteiger partial charge in [-0.25, -0.2) is 8.42 Å². The summed E-state index contributed by atoms with van der Waals surface area (Å²) in [6.45, 7) is 9.69. The Balaban J connectivity index is 1.49. The molecule has 0 saturated carbocycles. The Morgan fingerprint density at radius 3 is 2.23 bits per heavy atom. The van der Waals surface area contributed by atoms with E-state index < -0.39 is 10.0 Å². The second kappa shape index (κ2) is 9.83. The molecule has 1 aliphatic rings. The van der Waals surface area contributed by atoms with Crippen molar-refractivity contribution in [2.45, 2.75) is 45.4 Å². The van der Waals surface area contributed by atoms with E-state index in [0.29, 0.717) is 50.5 Å². The fourth-order valence-electron chi connectivity index (χ4n) is 3.88. The number of aryl methyl sites for hydroxylation is 4. The number of para-hydroxylation sites is 1. The van der Waals surface area contributed by atoms with Crippen LogP contribution < -0.4 is 4.74 Å². The van der Waals surface area contributed by atoms with Crippen LogP contribution in [0.5, 0.6) is 5.75 Å². The van der Waals surface area contributed by atoms with Gasteiger partial charge in [0.05, 0.1) is 11.5 Å². The number of carbonyl (C=O) groups is 1. The molecule has 2 aromatic carbocycles. The lowest BCUT2D eigenvalue weighted by Crippen LogP contribution is -2.50. The first-order chi connectivity index (χ1) is 14.7. The van der Waals surface area contributed by atoms with Crippen LogP contribution in [0.3, 0.4) is 0 Å². The molecule has 168 valence electrons. The molecule has 31 heavy (non-hydrogen) atoms. The number of hydrogen-bond acceptors (Lipinski definition) is 4. The topological polar surface area (TPSA) is 66.9 Å². The predicted molar refractivity (Wildman–Crippen MR) is 122 cm³/mol. The number of nitrogens with zero attached hydrogens (tertiary/aromatic N) is 2. The van der Waals surface area contributed by atoms with Gasteiger partial charge in [0.1, 0.15) is 5.75 Å². The largest absolute Gasteiger partial charge is 0.493 e. The number of rotatable bonds is 7. The minimum Gasteiger partial charge on any atom is -0.493 e. The summed E-state index contributed by atoms with van der Waals surface area (Å²) in [6.07, 6.45) is 1.03. The van der Waals surface area contributed by atoms with Crippen molar-refractivity contribution < 1.29 is 17.9 Å². The Kier molecular flexibility index (Phi) is 7.38. The van der Waals surface area contributed by atoms with Crippen molar-refractivity contribution in [2.75, 3.05) is 32.8 Å². The second-order valence-corrected chi connectivity index (χ2v) is 10.1. The number of piperazine rings is 1. The van der Waals surface area contributed by atoms with E-state index in [2.05, 4.69) is 0 Å². The molecule has 1 amide bonds. The summed E-state index contributed by atoms with van der Waals surface area (Å²) in [6, 6.07) is 11.5. The van der Waals surface area contributed by atoms with E-state index in [-0.39, 0.29) is 5.91 Å². The molecule has 1 heterocycles. The Morgan fingerprint density at radius 2 is 1.58 bits per heavy atom. The summed E-state index contributed by atoms with van der Waals surface area (Å²) in [5.74, 6) is 0.939. The van der Waals surface area contributed by atoms with Crippen molar-refractivity contribution in [3.63, 3.8) is 0 Å². The second-order valence-electron chi connectivity index (χ2n) is 8.23. The number of sulfonamides is 1. The average molecular weight is 445 g/mol. The Morgan fingerprint density at radius 1 is 0.935 bits per heavy atom. The monoisotopic (exact) mass is 444 g/mol. The lowest BCUT2D eigenvalue weighted by molar-refractivity contribution is -0.132. The summed E-state index contributed by atoms with van der Waals surface area (Å²) in [5, 5.41) is 0. The van der Waals surface area contributed by atoms with Gasteiger partial charge in [-0.3, -0.25) is 4.79 Å². The zero-order chi connectivity index (χ0) is 22.6. The minimum absolute atomic E-state index is 0.0499. The summed E-state index contributed by atoms with van der Waals surface area (Å²) in [7, 11) is -3.55. The zero-order valence-corrected chi connectivity index (χ0v) is 19.7. The fraction of sp³-hybridized carbons (Fsp3) is 0.458. The van der Waals surface area contributed by atoms with Crippen LogP contribution in [0.4, 0.5) is 0 Å². The van der Waals surface area contributed by atoms with E-state index in [1.807, 2.05) is 58.0 Å². The highest BCUT2D eigenvalue weighted by atomic mass is 32.2. The van der Waals surface area contributed by atoms with E-state index >= 15 is 0 Å². The van der Waals surface area contributed by atoms with Crippen LogP contribution in [0, 0.1) is 27.7 Å². The Bertz CT molecular complexity index is 1020. The van der Waals surface area contributed by atoms with Gasteiger partial charge in [0, 0.05) is 32.6 Å². The first-order valence-corrected chi connectivity index (χ1v) is 12.2. The molecule has 0 atom stereocenters. The number of carbonyl (C=O) groups excluding carboxylic acids is 1. The molecule has 1 fully saturated rings. The van der Waals surface area contributed by atoms with Gasteiger partial charge >= 0.3 is 0 Å². The van der Waals surface area contributed by atoms with Crippen LogP contribution in [0.15, 0.2) is 41.3 Å². The molecule has 0 spiro atoms. The quantitative estimate of drug-likeness (QED) is 0.612. The summed E-state index contributed by atoms with van der Waals surface area (Å²) >= 11 is 0. The van der Waals surface area contributed by atoms with Gasteiger partial charge in [-0.1, -0.05) is 30.3 Å². The molecule has 0 aromatic heterocycles. The maximum Gasteiger partial charge on any atom is 0.243 e. The standard InChI is InChI=1S/C24H32N2O4S/c1-18-10-11-19(2)22(17-18)31(28,29)26-14-12-25(13-15-26)23(27)9-6-16-30-24-20(3)7-5-8-21(24)4/h5,7-8,10-11,17H,6,9,12-16H2,1-4H3. The van der Waals surface area contributed by atoms with Gasteiger partial charge in [-0.15, -0.1) is 0 Å². The van der Waals surface area contributed by atoms with Gasteiger partial charge < -0.3 is 9.64 Å². The molecule has 1 saturated heterocycles. The third-order valence-electron chi connectivity index (χ3n) is 5.74. The van der Waals surface area contributed by atoms with Gasteiger partial charge in [-0.05, 0) is 62.4 Å². The lowest BCUT2D eigenvalue weighted by atomic mass is 10.1. The summed E-state index contributed by atoms with van der Waals surface area (Å²) < 4.78 is 33.5. The maximum atomic E-state index is 13.0. The smallest absolute Gasteiger partial charge is 0.243 e. The highest BCUT2D eigenvalue weighted by molar-refractivity contribution is 7.89. The van der Waals surface area contributed by atoms with Crippen molar-refractivity contribution >= 4 is 15.9 Å². The number of hydrogen-bond donors (Lipinski definition) is 0. The van der Waals surface area contributed by atoms with Crippen LogP contribution in [0.25, 0.3) is 0 Å².